The van der Waals surface area contributed by atoms with E-state index in [0.717, 1.165) is 5.39 Å². The highest BCUT2D eigenvalue weighted by Crippen LogP contribution is 2.19. The molecule has 0 bridgehead atoms. The minimum Gasteiger partial charge on any atom is -0.508 e. The van der Waals surface area contributed by atoms with Crippen molar-refractivity contribution in [2.45, 2.75) is 6.54 Å². The number of aromatic amines is 2. The average molecular weight is 274 g/mol. The number of aromatic hydroxyl groups is 1. The summed E-state index contributed by atoms with van der Waals surface area (Å²) in [6.45, 7) is 0.0278. The summed E-state index contributed by atoms with van der Waals surface area (Å²) in [6.07, 6.45) is 0. The van der Waals surface area contributed by atoms with Crippen LogP contribution in [-0.4, -0.2) is 26.8 Å². The van der Waals surface area contributed by atoms with Gasteiger partial charge < -0.3 is 10.2 Å². The fourth-order valence-corrected chi connectivity index (χ4v) is 2.33. The van der Waals surface area contributed by atoms with E-state index in [1.165, 1.54) is 12.1 Å². The molecule has 7 heteroatoms. The molecule has 3 rings (SSSR count). The lowest BCUT2D eigenvalue weighted by Crippen LogP contribution is -2.41. The number of nitrogens with zero attached hydrogens (tertiary/aromatic N) is 1. The molecule has 0 aliphatic rings. The van der Waals surface area contributed by atoms with Crippen molar-refractivity contribution < 1.29 is 14.8 Å². The van der Waals surface area contributed by atoms with E-state index in [1.807, 2.05) is 0 Å². The molecule has 0 spiro atoms. The summed E-state index contributed by atoms with van der Waals surface area (Å²) >= 11 is 0. The highest BCUT2D eigenvalue weighted by atomic mass is 16.3. The standard InChI is InChI=1S/C13H11N3O4/c17-4-3-16-10-6-8(18)2-1-7(10)5-9-11(16)14-13(20)15-12(9)19/h1-2,5-6,17H,3-4H2,(H2,14,15,18,19,20)/p+1. The Hall–Kier alpha value is -2.67. The van der Waals surface area contributed by atoms with Gasteiger partial charge in [-0.1, -0.05) is 0 Å². The molecule has 0 unspecified atom stereocenters. The number of aliphatic hydroxyl groups is 1. The van der Waals surface area contributed by atoms with E-state index < -0.39 is 11.2 Å². The average Bonchev–Trinajstić information content (AvgIpc) is 2.40. The maximum absolute atomic E-state index is 11.9. The molecular formula is C13H12N3O4+. The zero-order valence-corrected chi connectivity index (χ0v) is 10.4. The summed E-state index contributed by atoms with van der Waals surface area (Å²) in [4.78, 5) is 28.0. The van der Waals surface area contributed by atoms with Gasteiger partial charge in [0.25, 0.3) is 11.2 Å². The first-order valence-electron chi connectivity index (χ1n) is 6.03. The molecule has 1 aromatic carbocycles. The van der Waals surface area contributed by atoms with Crippen LogP contribution in [0.25, 0.3) is 21.9 Å². The third kappa shape index (κ3) is 1.84. The number of hydrogen-bond donors (Lipinski definition) is 4. The topological polar surface area (TPSA) is 110 Å². The van der Waals surface area contributed by atoms with Gasteiger partial charge in [-0.05, 0) is 18.2 Å². The summed E-state index contributed by atoms with van der Waals surface area (Å²) in [7, 11) is 0. The van der Waals surface area contributed by atoms with Gasteiger partial charge in [-0.15, -0.1) is 0 Å². The Morgan fingerprint density at radius 2 is 1.95 bits per heavy atom. The predicted molar refractivity (Wildman–Crippen MR) is 71.6 cm³/mol. The second-order valence-electron chi connectivity index (χ2n) is 4.43. The van der Waals surface area contributed by atoms with E-state index in [2.05, 4.69) is 9.97 Å². The van der Waals surface area contributed by atoms with Gasteiger partial charge in [0.2, 0.25) is 0 Å². The second kappa shape index (κ2) is 4.46. The van der Waals surface area contributed by atoms with Crippen LogP contribution in [0, 0.1) is 0 Å². The first-order valence-corrected chi connectivity index (χ1v) is 6.03. The molecule has 0 saturated heterocycles. The molecule has 7 nitrogen and oxygen atoms in total. The smallest absolute Gasteiger partial charge is 0.413 e. The van der Waals surface area contributed by atoms with Crippen LogP contribution in [0.5, 0.6) is 5.75 Å². The molecular weight excluding hydrogens is 262 g/mol. The summed E-state index contributed by atoms with van der Waals surface area (Å²) < 4.78 is 1.60. The quantitative estimate of drug-likeness (QED) is 0.368. The van der Waals surface area contributed by atoms with Gasteiger partial charge in [-0.25, -0.2) is 9.36 Å². The van der Waals surface area contributed by atoms with Crippen LogP contribution in [0.15, 0.2) is 33.9 Å². The van der Waals surface area contributed by atoms with Gasteiger partial charge in [0.15, 0.2) is 0 Å². The number of fused-ring (bicyclic) bond motifs is 2. The van der Waals surface area contributed by atoms with E-state index in [9.17, 15) is 19.8 Å². The number of phenols is 1. The van der Waals surface area contributed by atoms with Crippen LogP contribution in [0.1, 0.15) is 0 Å². The van der Waals surface area contributed by atoms with Crippen LogP contribution >= 0.6 is 0 Å². The SMILES string of the molecule is O=c1[nH]c(=O)c2cc3ccc(O)cc3[n+](CCO)c2[nH]1. The maximum atomic E-state index is 11.9. The summed E-state index contributed by atoms with van der Waals surface area (Å²) in [5, 5.41) is 19.8. The van der Waals surface area contributed by atoms with Crippen molar-refractivity contribution >= 4 is 21.9 Å². The molecule has 102 valence electrons. The lowest BCUT2D eigenvalue weighted by Gasteiger charge is -2.06. The minimum atomic E-state index is -0.617. The first-order chi connectivity index (χ1) is 9.60. The van der Waals surface area contributed by atoms with E-state index in [0.29, 0.717) is 16.6 Å². The fourth-order valence-electron chi connectivity index (χ4n) is 2.33. The summed E-state index contributed by atoms with van der Waals surface area (Å²) in [6, 6.07) is 6.33. The number of nitrogens with one attached hydrogen (secondary N) is 2. The molecule has 0 amide bonds. The largest absolute Gasteiger partial charge is 0.508 e. The molecule has 3 aromatic rings. The fraction of sp³-hybridized carbons (Fsp3) is 0.154. The summed E-state index contributed by atoms with van der Waals surface area (Å²) in [5.74, 6) is 0.0655. The Morgan fingerprint density at radius 1 is 1.15 bits per heavy atom. The van der Waals surface area contributed by atoms with Gasteiger partial charge in [0, 0.05) is 11.5 Å². The second-order valence-corrected chi connectivity index (χ2v) is 4.43. The molecule has 2 heterocycles. The molecule has 0 aliphatic carbocycles. The van der Waals surface area contributed by atoms with Crippen LogP contribution in [0.3, 0.4) is 0 Å². The Balaban J connectivity index is 2.58. The third-order valence-corrected chi connectivity index (χ3v) is 3.16. The number of H-pyrrole nitrogens is 2. The van der Waals surface area contributed by atoms with Crippen molar-refractivity contribution in [2.75, 3.05) is 6.61 Å². The number of rotatable bonds is 2. The predicted octanol–water partition coefficient (Wildman–Crippen LogP) is -0.645. The molecule has 0 saturated carbocycles. The number of benzene rings is 1. The lowest BCUT2D eigenvalue weighted by molar-refractivity contribution is -0.648. The molecule has 4 N–H and O–H groups in total. The molecule has 0 atom stereocenters. The normalized spacial score (nSPS) is 11.2. The van der Waals surface area contributed by atoms with Crippen LogP contribution in [0.2, 0.25) is 0 Å². The highest BCUT2D eigenvalue weighted by molar-refractivity contribution is 5.87. The van der Waals surface area contributed by atoms with Crippen molar-refractivity contribution in [2.24, 2.45) is 0 Å². The number of hydrogen-bond acceptors (Lipinski definition) is 4. The molecule has 0 fully saturated rings. The van der Waals surface area contributed by atoms with Gasteiger partial charge >= 0.3 is 5.69 Å². The molecule has 0 aliphatic heterocycles. The minimum absolute atomic E-state index is 0.0655. The summed E-state index contributed by atoms with van der Waals surface area (Å²) in [5.41, 5.74) is -0.183. The monoisotopic (exact) mass is 274 g/mol. The Kier molecular flexibility index (Phi) is 2.76. The lowest BCUT2D eigenvalue weighted by atomic mass is 10.1. The highest BCUT2D eigenvalue weighted by Gasteiger charge is 2.16. The van der Waals surface area contributed by atoms with Crippen LogP contribution in [0.4, 0.5) is 0 Å². The number of pyridine rings is 1. The molecule has 2 aromatic heterocycles. The number of phenolic OH excluding ortho intramolecular Hbond substituents is 1. The molecule has 0 radical (unpaired) electrons. The Morgan fingerprint density at radius 3 is 2.70 bits per heavy atom. The molecule has 20 heavy (non-hydrogen) atoms. The van der Waals surface area contributed by atoms with Crippen LogP contribution in [-0.2, 0) is 6.54 Å². The van der Waals surface area contributed by atoms with E-state index in [-0.39, 0.29) is 18.9 Å². The zero-order chi connectivity index (χ0) is 14.3. The van der Waals surface area contributed by atoms with Crippen molar-refractivity contribution in [3.8, 4) is 5.75 Å². The van der Waals surface area contributed by atoms with Gasteiger partial charge in [0.05, 0.1) is 6.61 Å². The van der Waals surface area contributed by atoms with Crippen molar-refractivity contribution in [3.05, 3.63) is 45.1 Å². The van der Waals surface area contributed by atoms with E-state index >= 15 is 0 Å². The Bertz CT molecular complexity index is 926. The Labute approximate surface area is 111 Å². The zero-order valence-electron chi connectivity index (χ0n) is 10.4. The van der Waals surface area contributed by atoms with Gasteiger partial charge in [-0.3, -0.25) is 9.78 Å². The van der Waals surface area contributed by atoms with Crippen molar-refractivity contribution in [1.29, 1.82) is 0 Å². The third-order valence-electron chi connectivity index (χ3n) is 3.16. The maximum Gasteiger partial charge on any atom is 0.413 e. The number of aliphatic hydroxyl groups excluding tert-OH is 1. The van der Waals surface area contributed by atoms with Gasteiger partial charge in [-0.2, -0.15) is 4.98 Å². The van der Waals surface area contributed by atoms with E-state index in [1.54, 1.807) is 16.7 Å². The van der Waals surface area contributed by atoms with E-state index in [4.69, 9.17) is 0 Å². The number of aromatic nitrogens is 3. The van der Waals surface area contributed by atoms with Crippen molar-refractivity contribution in [1.82, 2.24) is 9.97 Å². The van der Waals surface area contributed by atoms with Crippen molar-refractivity contribution in [3.63, 3.8) is 0 Å². The van der Waals surface area contributed by atoms with Gasteiger partial charge in [0.1, 0.15) is 23.2 Å². The first kappa shape index (κ1) is 12.4. The van der Waals surface area contributed by atoms with Crippen LogP contribution < -0.4 is 15.8 Å².